The van der Waals surface area contributed by atoms with Crippen LogP contribution in [0.1, 0.15) is 13.3 Å². The van der Waals surface area contributed by atoms with Gasteiger partial charge in [0.25, 0.3) is 0 Å². The zero-order valence-corrected chi connectivity index (χ0v) is 12.1. The predicted molar refractivity (Wildman–Crippen MR) is 81.6 cm³/mol. The number of ether oxygens (including phenoxy) is 2. The van der Waals surface area contributed by atoms with Crippen molar-refractivity contribution in [3.05, 3.63) is 36.5 Å². The van der Waals surface area contributed by atoms with Crippen molar-refractivity contribution >= 4 is 5.69 Å². The fourth-order valence-electron chi connectivity index (χ4n) is 2.05. The Morgan fingerprint density at radius 2 is 1.80 bits per heavy atom. The van der Waals surface area contributed by atoms with Crippen molar-refractivity contribution in [2.75, 3.05) is 26.1 Å². The topological polar surface area (TPSA) is 43.4 Å². The number of methoxy groups -OCH3 is 2. The average Bonchev–Trinajstić information content (AvgIpc) is 2.52. The van der Waals surface area contributed by atoms with Gasteiger partial charge in [-0.05, 0) is 30.7 Å². The predicted octanol–water partition coefficient (Wildman–Crippen LogP) is 3.59. The van der Waals surface area contributed by atoms with Crippen molar-refractivity contribution in [3.63, 3.8) is 0 Å². The van der Waals surface area contributed by atoms with Gasteiger partial charge in [0.1, 0.15) is 11.5 Å². The van der Waals surface area contributed by atoms with E-state index >= 15 is 0 Å². The number of rotatable bonds is 6. The summed E-state index contributed by atoms with van der Waals surface area (Å²) in [5, 5.41) is 3.36. The molecule has 0 aliphatic heterocycles. The van der Waals surface area contributed by atoms with E-state index in [1.54, 1.807) is 20.4 Å². The van der Waals surface area contributed by atoms with Crippen LogP contribution in [0.15, 0.2) is 36.5 Å². The fraction of sp³-hybridized carbons (Fsp3) is 0.312. The van der Waals surface area contributed by atoms with Crippen LogP contribution >= 0.6 is 0 Å². The number of nitrogens with one attached hydrogen (secondary N) is 1. The highest BCUT2D eigenvalue weighted by Crippen LogP contribution is 2.37. The van der Waals surface area contributed by atoms with Crippen LogP contribution in [0.3, 0.4) is 0 Å². The maximum absolute atomic E-state index is 5.42. The molecule has 20 heavy (non-hydrogen) atoms. The molecule has 4 heteroatoms. The number of pyridine rings is 1. The van der Waals surface area contributed by atoms with E-state index in [1.807, 2.05) is 30.3 Å². The van der Waals surface area contributed by atoms with E-state index in [0.29, 0.717) is 0 Å². The molecule has 0 aliphatic carbocycles. The summed E-state index contributed by atoms with van der Waals surface area (Å²) in [6, 6.07) is 9.69. The SMILES string of the molecule is CCCNc1ccnc(-c2c(OC)cccc2OC)c1. The summed E-state index contributed by atoms with van der Waals surface area (Å²) in [5.74, 6) is 1.51. The molecule has 2 aromatic rings. The number of hydrogen-bond acceptors (Lipinski definition) is 4. The van der Waals surface area contributed by atoms with Crippen LogP contribution in [-0.4, -0.2) is 25.7 Å². The van der Waals surface area contributed by atoms with Gasteiger partial charge in [0, 0.05) is 18.4 Å². The minimum Gasteiger partial charge on any atom is -0.496 e. The maximum atomic E-state index is 5.42. The number of anilines is 1. The summed E-state index contributed by atoms with van der Waals surface area (Å²) < 4.78 is 10.8. The molecule has 1 aromatic heterocycles. The normalized spacial score (nSPS) is 10.2. The van der Waals surface area contributed by atoms with E-state index < -0.39 is 0 Å². The van der Waals surface area contributed by atoms with Crippen molar-refractivity contribution in [3.8, 4) is 22.8 Å². The number of nitrogens with zero attached hydrogens (tertiary/aromatic N) is 1. The van der Waals surface area contributed by atoms with E-state index in [1.165, 1.54) is 0 Å². The van der Waals surface area contributed by atoms with Gasteiger partial charge >= 0.3 is 0 Å². The molecular formula is C16H20N2O2. The molecular weight excluding hydrogens is 252 g/mol. The smallest absolute Gasteiger partial charge is 0.132 e. The quantitative estimate of drug-likeness (QED) is 0.872. The molecule has 0 spiro atoms. The number of benzene rings is 1. The zero-order valence-electron chi connectivity index (χ0n) is 12.1. The monoisotopic (exact) mass is 272 g/mol. The molecule has 106 valence electrons. The third-order valence-electron chi connectivity index (χ3n) is 3.02. The van der Waals surface area contributed by atoms with E-state index in [-0.39, 0.29) is 0 Å². The Morgan fingerprint density at radius 3 is 2.40 bits per heavy atom. The molecule has 0 atom stereocenters. The first-order chi connectivity index (χ1) is 9.80. The zero-order chi connectivity index (χ0) is 14.4. The van der Waals surface area contributed by atoms with Gasteiger partial charge in [-0.15, -0.1) is 0 Å². The van der Waals surface area contributed by atoms with Gasteiger partial charge in [0.15, 0.2) is 0 Å². The lowest BCUT2D eigenvalue weighted by Gasteiger charge is -2.13. The molecule has 0 saturated heterocycles. The summed E-state index contributed by atoms with van der Waals surface area (Å²) in [4.78, 5) is 4.43. The van der Waals surface area contributed by atoms with Crippen LogP contribution in [0.5, 0.6) is 11.5 Å². The minimum atomic E-state index is 0.754. The Labute approximate surface area is 119 Å². The van der Waals surface area contributed by atoms with Crippen LogP contribution < -0.4 is 14.8 Å². The van der Waals surface area contributed by atoms with Crippen LogP contribution in [-0.2, 0) is 0 Å². The third-order valence-corrected chi connectivity index (χ3v) is 3.02. The maximum Gasteiger partial charge on any atom is 0.132 e. The Kier molecular flexibility index (Phi) is 4.82. The first-order valence-corrected chi connectivity index (χ1v) is 6.71. The van der Waals surface area contributed by atoms with Crippen LogP contribution in [0.4, 0.5) is 5.69 Å². The molecule has 1 heterocycles. The molecule has 0 fully saturated rings. The Balaban J connectivity index is 2.45. The standard InChI is InChI=1S/C16H20N2O2/c1-4-9-17-12-8-10-18-13(11-12)16-14(19-2)6-5-7-15(16)20-3/h5-8,10-11H,4,9H2,1-3H3,(H,17,18). The van der Waals surface area contributed by atoms with Crippen molar-refractivity contribution in [2.45, 2.75) is 13.3 Å². The van der Waals surface area contributed by atoms with Gasteiger partial charge in [0.2, 0.25) is 0 Å². The summed E-state index contributed by atoms with van der Waals surface area (Å²) in [7, 11) is 3.30. The summed E-state index contributed by atoms with van der Waals surface area (Å²) >= 11 is 0. The molecule has 1 N–H and O–H groups in total. The Bertz CT molecular complexity index is 548. The molecule has 0 aliphatic rings. The molecule has 0 bridgehead atoms. The summed E-state index contributed by atoms with van der Waals surface area (Å²) in [5.41, 5.74) is 2.75. The van der Waals surface area contributed by atoms with E-state index in [0.717, 1.165) is 41.4 Å². The van der Waals surface area contributed by atoms with Crippen LogP contribution in [0.25, 0.3) is 11.3 Å². The third kappa shape index (κ3) is 3.02. The van der Waals surface area contributed by atoms with Gasteiger partial charge in [-0.1, -0.05) is 13.0 Å². The fourth-order valence-corrected chi connectivity index (χ4v) is 2.05. The van der Waals surface area contributed by atoms with E-state index in [9.17, 15) is 0 Å². The minimum absolute atomic E-state index is 0.754. The van der Waals surface area contributed by atoms with Gasteiger partial charge in [0.05, 0.1) is 25.5 Å². The van der Waals surface area contributed by atoms with Gasteiger partial charge < -0.3 is 14.8 Å². The summed E-state index contributed by atoms with van der Waals surface area (Å²) in [6.45, 7) is 3.07. The van der Waals surface area contributed by atoms with Crippen LogP contribution in [0.2, 0.25) is 0 Å². The Hall–Kier alpha value is -2.23. The first-order valence-electron chi connectivity index (χ1n) is 6.71. The van der Waals surface area contributed by atoms with E-state index in [2.05, 4.69) is 17.2 Å². The molecule has 0 saturated carbocycles. The first kappa shape index (κ1) is 14.2. The highest BCUT2D eigenvalue weighted by Gasteiger charge is 2.13. The van der Waals surface area contributed by atoms with Gasteiger partial charge in [-0.3, -0.25) is 4.98 Å². The summed E-state index contributed by atoms with van der Waals surface area (Å²) in [6.07, 6.45) is 2.87. The second-order valence-corrected chi connectivity index (χ2v) is 4.39. The molecule has 0 amide bonds. The van der Waals surface area contributed by atoms with Crippen molar-refractivity contribution in [1.29, 1.82) is 0 Å². The second-order valence-electron chi connectivity index (χ2n) is 4.39. The number of hydrogen-bond donors (Lipinski definition) is 1. The molecule has 4 nitrogen and oxygen atoms in total. The van der Waals surface area contributed by atoms with Crippen molar-refractivity contribution < 1.29 is 9.47 Å². The van der Waals surface area contributed by atoms with Crippen molar-refractivity contribution in [2.24, 2.45) is 0 Å². The highest BCUT2D eigenvalue weighted by molar-refractivity contribution is 5.76. The average molecular weight is 272 g/mol. The highest BCUT2D eigenvalue weighted by atomic mass is 16.5. The van der Waals surface area contributed by atoms with Crippen molar-refractivity contribution in [1.82, 2.24) is 4.98 Å². The van der Waals surface area contributed by atoms with Gasteiger partial charge in [-0.25, -0.2) is 0 Å². The molecule has 1 aromatic carbocycles. The molecule has 0 unspecified atom stereocenters. The van der Waals surface area contributed by atoms with Gasteiger partial charge in [-0.2, -0.15) is 0 Å². The largest absolute Gasteiger partial charge is 0.496 e. The lowest BCUT2D eigenvalue weighted by Crippen LogP contribution is -2.00. The lowest BCUT2D eigenvalue weighted by molar-refractivity contribution is 0.397. The van der Waals surface area contributed by atoms with E-state index in [4.69, 9.17) is 9.47 Å². The molecule has 2 rings (SSSR count). The number of aromatic nitrogens is 1. The molecule has 0 radical (unpaired) electrons. The Morgan fingerprint density at radius 1 is 1.10 bits per heavy atom. The lowest BCUT2D eigenvalue weighted by atomic mass is 10.1. The van der Waals surface area contributed by atoms with Crippen LogP contribution in [0, 0.1) is 0 Å². The second kappa shape index (κ2) is 6.80.